The summed E-state index contributed by atoms with van der Waals surface area (Å²) in [6.45, 7) is 4.76. The van der Waals surface area contributed by atoms with Crippen molar-refractivity contribution in [2.75, 3.05) is 20.6 Å². The van der Waals surface area contributed by atoms with Gasteiger partial charge in [-0.3, -0.25) is 0 Å². The van der Waals surface area contributed by atoms with Crippen LogP contribution in [0.15, 0.2) is 47.4 Å². The molecule has 1 aromatic heterocycles. The highest BCUT2D eigenvalue weighted by molar-refractivity contribution is 7.10. The standard InChI is InChI=1S/C19H24FNOS/c1-14(12-16-7-9-17(20)10-8-16)19(22,15(2)13-21(3)4)18-6-5-11-23-18/h5-12,15,22H,13H2,1-4H3. The number of hydrogen-bond donors (Lipinski definition) is 1. The summed E-state index contributed by atoms with van der Waals surface area (Å²) in [6, 6.07) is 10.3. The molecule has 2 nitrogen and oxygen atoms in total. The Balaban J connectivity index is 2.42. The maximum Gasteiger partial charge on any atom is 0.124 e. The van der Waals surface area contributed by atoms with Gasteiger partial charge in [0.15, 0.2) is 0 Å². The van der Waals surface area contributed by atoms with Crippen LogP contribution < -0.4 is 0 Å². The van der Waals surface area contributed by atoms with Crippen molar-refractivity contribution < 1.29 is 9.50 Å². The first-order valence-electron chi connectivity index (χ1n) is 7.69. The SMILES string of the molecule is CC(=Cc1ccc(F)cc1)C(O)(c1cccs1)C(C)CN(C)C. The van der Waals surface area contributed by atoms with Gasteiger partial charge in [-0.15, -0.1) is 11.3 Å². The van der Waals surface area contributed by atoms with Crippen LogP contribution in [0, 0.1) is 11.7 Å². The minimum absolute atomic E-state index is 0.0212. The summed E-state index contributed by atoms with van der Waals surface area (Å²) in [5.74, 6) is -0.234. The Morgan fingerprint density at radius 2 is 1.96 bits per heavy atom. The van der Waals surface area contributed by atoms with E-state index in [1.165, 1.54) is 12.1 Å². The first kappa shape index (κ1) is 17.9. The van der Waals surface area contributed by atoms with Gasteiger partial charge in [-0.25, -0.2) is 4.39 Å². The first-order valence-corrected chi connectivity index (χ1v) is 8.57. The fourth-order valence-electron chi connectivity index (χ4n) is 2.92. The van der Waals surface area contributed by atoms with Crippen molar-refractivity contribution >= 4 is 17.4 Å². The van der Waals surface area contributed by atoms with Crippen molar-refractivity contribution in [2.24, 2.45) is 5.92 Å². The molecule has 0 fully saturated rings. The average molecular weight is 333 g/mol. The number of aliphatic hydroxyl groups is 1. The molecule has 0 bridgehead atoms. The maximum absolute atomic E-state index is 13.1. The third-order valence-electron chi connectivity index (χ3n) is 4.10. The molecule has 124 valence electrons. The van der Waals surface area contributed by atoms with Crippen molar-refractivity contribution in [3.05, 3.63) is 63.6 Å². The average Bonchev–Trinajstić information content (AvgIpc) is 3.02. The van der Waals surface area contributed by atoms with Crippen molar-refractivity contribution in [1.29, 1.82) is 0 Å². The Hall–Kier alpha value is -1.49. The van der Waals surface area contributed by atoms with E-state index in [1.54, 1.807) is 23.5 Å². The van der Waals surface area contributed by atoms with Gasteiger partial charge in [-0.2, -0.15) is 0 Å². The highest BCUT2D eigenvalue weighted by Crippen LogP contribution is 2.40. The molecule has 0 saturated carbocycles. The number of nitrogens with zero attached hydrogens (tertiary/aromatic N) is 1. The normalized spacial score (nSPS) is 16.4. The quantitative estimate of drug-likeness (QED) is 0.848. The van der Waals surface area contributed by atoms with Crippen LogP contribution in [0.1, 0.15) is 24.3 Å². The number of rotatable bonds is 6. The van der Waals surface area contributed by atoms with Gasteiger partial charge in [0.25, 0.3) is 0 Å². The molecule has 0 aliphatic carbocycles. The molecule has 2 rings (SSSR count). The van der Waals surface area contributed by atoms with E-state index in [2.05, 4.69) is 11.8 Å². The molecule has 4 heteroatoms. The number of benzene rings is 1. The summed E-state index contributed by atoms with van der Waals surface area (Å²) in [7, 11) is 4.01. The van der Waals surface area contributed by atoms with Gasteiger partial charge >= 0.3 is 0 Å². The number of thiophene rings is 1. The summed E-state index contributed by atoms with van der Waals surface area (Å²) >= 11 is 1.56. The lowest BCUT2D eigenvalue weighted by atomic mass is 9.80. The van der Waals surface area contributed by atoms with Gasteiger partial charge in [-0.05, 0) is 55.7 Å². The summed E-state index contributed by atoms with van der Waals surface area (Å²) in [5.41, 5.74) is 0.712. The van der Waals surface area contributed by atoms with Crippen LogP contribution in [0.3, 0.4) is 0 Å². The van der Waals surface area contributed by atoms with Gasteiger partial charge in [-0.1, -0.05) is 31.2 Å². The van der Waals surface area contributed by atoms with Crippen LogP contribution in [0.2, 0.25) is 0 Å². The highest BCUT2D eigenvalue weighted by atomic mass is 32.1. The van der Waals surface area contributed by atoms with Crippen LogP contribution in [0.4, 0.5) is 4.39 Å². The Morgan fingerprint density at radius 3 is 2.48 bits per heavy atom. The van der Waals surface area contributed by atoms with Crippen LogP contribution in [0.25, 0.3) is 6.08 Å². The minimum atomic E-state index is -1.03. The predicted octanol–water partition coefficient (Wildman–Crippen LogP) is 4.38. The zero-order valence-electron chi connectivity index (χ0n) is 14.1. The fraction of sp³-hybridized carbons (Fsp3) is 0.368. The highest BCUT2D eigenvalue weighted by Gasteiger charge is 2.38. The molecule has 1 heterocycles. The molecule has 23 heavy (non-hydrogen) atoms. The number of halogens is 1. The molecular formula is C19H24FNOS. The predicted molar refractivity (Wildman–Crippen MR) is 96.0 cm³/mol. The molecular weight excluding hydrogens is 309 g/mol. The van der Waals surface area contributed by atoms with Crippen LogP contribution in [-0.2, 0) is 5.60 Å². The molecule has 0 spiro atoms. The zero-order valence-corrected chi connectivity index (χ0v) is 14.9. The van der Waals surface area contributed by atoms with Gasteiger partial charge in [0, 0.05) is 17.3 Å². The van der Waals surface area contributed by atoms with E-state index in [0.717, 1.165) is 22.6 Å². The van der Waals surface area contributed by atoms with Gasteiger partial charge in [0.2, 0.25) is 0 Å². The summed E-state index contributed by atoms with van der Waals surface area (Å²) < 4.78 is 13.1. The molecule has 1 N–H and O–H groups in total. The second-order valence-corrected chi connectivity index (χ2v) is 7.23. The molecule has 0 radical (unpaired) electrons. The van der Waals surface area contributed by atoms with E-state index in [9.17, 15) is 9.50 Å². The van der Waals surface area contributed by atoms with Crippen molar-refractivity contribution in [3.63, 3.8) is 0 Å². The van der Waals surface area contributed by atoms with E-state index in [4.69, 9.17) is 0 Å². The third-order valence-corrected chi connectivity index (χ3v) is 5.10. The van der Waals surface area contributed by atoms with Crippen LogP contribution >= 0.6 is 11.3 Å². The van der Waals surface area contributed by atoms with Gasteiger partial charge in [0.05, 0.1) is 0 Å². The number of hydrogen-bond acceptors (Lipinski definition) is 3. The van der Waals surface area contributed by atoms with Gasteiger partial charge in [0.1, 0.15) is 11.4 Å². The van der Waals surface area contributed by atoms with Crippen LogP contribution in [0.5, 0.6) is 0 Å². The van der Waals surface area contributed by atoms with Crippen molar-refractivity contribution in [3.8, 4) is 0 Å². The topological polar surface area (TPSA) is 23.5 Å². The lowest BCUT2D eigenvalue weighted by Crippen LogP contribution is -2.39. The third kappa shape index (κ3) is 4.08. The fourth-order valence-corrected chi connectivity index (χ4v) is 3.92. The maximum atomic E-state index is 13.1. The van der Waals surface area contributed by atoms with E-state index in [1.807, 2.05) is 44.6 Å². The van der Waals surface area contributed by atoms with Crippen molar-refractivity contribution in [2.45, 2.75) is 19.4 Å². The molecule has 2 unspecified atom stereocenters. The van der Waals surface area contributed by atoms with E-state index in [-0.39, 0.29) is 11.7 Å². The smallest absolute Gasteiger partial charge is 0.124 e. The van der Waals surface area contributed by atoms with E-state index < -0.39 is 5.60 Å². The lowest BCUT2D eigenvalue weighted by Gasteiger charge is -2.36. The molecule has 1 aromatic carbocycles. The lowest BCUT2D eigenvalue weighted by molar-refractivity contribution is 0.0138. The molecule has 2 atom stereocenters. The molecule has 0 aliphatic heterocycles. The van der Waals surface area contributed by atoms with Crippen LogP contribution in [-0.4, -0.2) is 30.6 Å². The Labute approximate surface area is 141 Å². The minimum Gasteiger partial charge on any atom is -0.380 e. The summed E-state index contributed by atoms with van der Waals surface area (Å²) in [5, 5.41) is 13.5. The van der Waals surface area contributed by atoms with Crippen molar-refractivity contribution in [1.82, 2.24) is 4.90 Å². The van der Waals surface area contributed by atoms with E-state index >= 15 is 0 Å². The first-order chi connectivity index (χ1) is 10.8. The molecule has 0 aliphatic rings. The Morgan fingerprint density at radius 1 is 1.30 bits per heavy atom. The summed E-state index contributed by atoms with van der Waals surface area (Å²) in [6.07, 6.45) is 1.94. The Kier molecular flexibility index (Phi) is 5.74. The second kappa shape index (κ2) is 7.39. The zero-order chi connectivity index (χ0) is 17.0. The Bertz CT molecular complexity index is 649. The molecule has 0 saturated heterocycles. The second-order valence-electron chi connectivity index (χ2n) is 6.29. The largest absolute Gasteiger partial charge is 0.380 e. The molecule has 2 aromatic rings. The van der Waals surface area contributed by atoms with Gasteiger partial charge < -0.3 is 10.0 Å². The summed E-state index contributed by atoms with van der Waals surface area (Å²) in [4.78, 5) is 3.01. The van der Waals surface area contributed by atoms with E-state index in [0.29, 0.717) is 0 Å². The monoisotopic (exact) mass is 333 g/mol. The molecule has 0 amide bonds.